The summed E-state index contributed by atoms with van der Waals surface area (Å²) >= 11 is 3.33. The van der Waals surface area contributed by atoms with Crippen LogP contribution in [0.3, 0.4) is 0 Å². The van der Waals surface area contributed by atoms with E-state index in [-0.39, 0.29) is 23.5 Å². The minimum atomic E-state index is -0.557. The number of carbonyl (C=O) groups is 1. The van der Waals surface area contributed by atoms with Gasteiger partial charge in [-0.25, -0.2) is 4.98 Å². The fourth-order valence-electron chi connectivity index (χ4n) is 1.82. The molecule has 0 bridgehead atoms. The maximum atomic E-state index is 12.2. The number of alkyl halides is 1. The van der Waals surface area contributed by atoms with E-state index in [2.05, 4.69) is 20.9 Å². The van der Waals surface area contributed by atoms with E-state index >= 15 is 0 Å². The van der Waals surface area contributed by atoms with Crippen LogP contribution in [0, 0.1) is 10.1 Å². The van der Waals surface area contributed by atoms with Gasteiger partial charge in [0.1, 0.15) is 0 Å². The summed E-state index contributed by atoms with van der Waals surface area (Å²) in [6.07, 6.45) is 0. The average molecular weight is 318 g/mol. The van der Waals surface area contributed by atoms with Gasteiger partial charge < -0.3 is 19.8 Å². The van der Waals surface area contributed by atoms with E-state index in [1.807, 2.05) is 0 Å². The van der Waals surface area contributed by atoms with Crippen molar-refractivity contribution in [2.75, 3.05) is 25.1 Å². The molecule has 1 unspecified atom stereocenters. The maximum absolute atomic E-state index is 12.2. The molecule has 1 saturated heterocycles. The number of morpholine rings is 1. The first-order valence-electron chi connectivity index (χ1n) is 5.41. The van der Waals surface area contributed by atoms with Gasteiger partial charge in [-0.15, -0.1) is 0 Å². The molecular formula is C10H12BrN3O4. The van der Waals surface area contributed by atoms with Crippen molar-refractivity contribution in [1.82, 2.24) is 9.88 Å². The van der Waals surface area contributed by atoms with Gasteiger partial charge in [0.25, 0.3) is 5.91 Å². The third-order valence-electron chi connectivity index (χ3n) is 2.76. The van der Waals surface area contributed by atoms with Gasteiger partial charge in [0.2, 0.25) is 0 Å². The van der Waals surface area contributed by atoms with E-state index in [4.69, 9.17) is 4.74 Å². The van der Waals surface area contributed by atoms with Gasteiger partial charge in [-0.2, -0.15) is 0 Å². The predicted octanol–water partition coefficient (Wildman–Crippen LogP) is 1.16. The molecule has 1 aromatic rings. The number of rotatable bonds is 3. The lowest BCUT2D eigenvalue weighted by Gasteiger charge is -2.33. The average Bonchev–Trinajstić information content (AvgIpc) is 2.87. The topological polar surface area (TPSA) is 88.5 Å². The van der Waals surface area contributed by atoms with Crippen LogP contribution in [0.25, 0.3) is 0 Å². The fraction of sp³-hybridized carbons (Fsp3) is 0.500. The molecule has 18 heavy (non-hydrogen) atoms. The van der Waals surface area contributed by atoms with E-state index < -0.39 is 4.92 Å². The highest BCUT2D eigenvalue weighted by molar-refractivity contribution is 9.09. The van der Waals surface area contributed by atoms with Gasteiger partial charge >= 0.3 is 5.82 Å². The molecule has 1 atom stereocenters. The Morgan fingerprint density at radius 1 is 1.67 bits per heavy atom. The smallest absolute Gasteiger partial charge is 0.321 e. The van der Waals surface area contributed by atoms with Crippen LogP contribution >= 0.6 is 15.9 Å². The summed E-state index contributed by atoms with van der Waals surface area (Å²) in [4.78, 5) is 26.4. The van der Waals surface area contributed by atoms with Gasteiger partial charge in [0, 0.05) is 17.9 Å². The lowest BCUT2D eigenvalue weighted by molar-refractivity contribution is -0.389. The minimum absolute atomic E-state index is 0.0476. The van der Waals surface area contributed by atoms with Crippen LogP contribution in [0.1, 0.15) is 10.5 Å². The molecule has 0 aromatic carbocycles. The van der Waals surface area contributed by atoms with Crippen molar-refractivity contribution in [2.24, 2.45) is 0 Å². The number of H-pyrrole nitrogens is 1. The number of ether oxygens (including phenoxy) is 1. The van der Waals surface area contributed by atoms with E-state index in [1.165, 1.54) is 12.1 Å². The number of nitro groups is 1. The fourth-order valence-corrected chi connectivity index (χ4v) is 2.36. The number of aromatic amines is 1. The number of aromatic nitrogens is 1. The molecule has 2 heterocycles. The lowest BCUT2D eigenvalue weighted by Crippen LogP contribution is -2.49. The molecule has 1 aromatic heterocycles. The highest BCUT2D eigenvalue weighted by atomic mass is 79.9. The Morgan fingerprint density at radius 3 is 3.06 bits per heavy atom. The Morgan fingerprint density at radius 2 is 2.44 bits per heavy atom. The first-order chi connectivity index (χ1) is 8.63. The minimum Gasteiger partial charge on any atom is -0.377 e. The third-order valence-corrected chi connectivity index (χ3v) is 3.51. The lowest BCUT2D eigenvalue weighted by atomic mass is 10.2. The summed E-state index contributed by atoms with van der Waals surface area (Å²) in [6.45, 7) is 1.44. The summed E-state index contributed by atoms with van der Waals surface area (Å²) in [5.74, 6) is -0.419. The SMILES string of the molecule is O=C(c1ccc([N+](=O)[O-])[nH]1)N1CCOCC1CBr. The molecule has 1 N–H and O–H groups in total. The van der Waals surface area contributed by atoms with E-state index in [1.54, 1.807) is 4.90 Å². The van der Waals surface area contributed by atoms with Crippen molar-refractivity contribution in [3.8, 4) is 0 Å². The second-order valence-electron chi connectivity index (χ2n) is 3.90. The standard InChI is InChI=1S/C10H12BrN3O4/c11-5-7-6-18-4-3-13(7)10(15)8-1-2-9(12-8)14(16)17/h1-2,7,12H,3-6H2. The van der Waals surface area contributed by atoms with Gasteiger partial charge in [0.05, 0.1) is 19.3 Å². The first kappa shape index (κ1) is 13.0. The second-order valence-corrected chi connectivity index (χ2v) is 4.54. The highest BCUT2D eigenvalue weighted by Crippen LogP contribution is 2.16. The van der Waals surface area contributed by atoms with Crippen LogP contribution in [-0.2, 0) is 4.74 Å². The van der Waals surface area contributed by atoms with Crippen molar-refractivity contribution in [2.45, 2.75) is 6.04 Å². The number of carbonyl (C=O) groups excluding carboxylic acids is 1. The molecule has 0 aliphatic carbocycles. The summed E-state index contributed by atoms with van der Waals surface area (Å²) < 4.78 is 5.29. The molecular weight excluding hydrogens is 306 g/mol. The Bertz CT molecular complexity index is 462. The number of nitrogens with zero attached hydrogens (tertiary/aromatic N) is 2. The molecule has 1 amide bonds. The van der Waals surface area contributed by atoms with Crippen LogP contribution in [0.5, 0.6) is 0 Å². The highest BCUT2D eigenvalue weighted by Gasteiger charge is 2.29. The largest absolute Gasteiger partial charge is 0.377 e. The summed E-state index contributed by atoms with van der Waals surface area (Å²) in [5, 5.41) is 11.2. The van der Waals surface area contributed by atoms with Crippen LogP contribution in [-0.4, -0.2) is 51.8 Å². The summed E-state index contributed by atoms with van der Waals surface area (Å²) in [7, 11) is 0. The summed E-state index contributed by atoms with van der Waals surface area (Å²) in [5.41, 5.74) is 0.231. The van der Waals surface area contributed by atoms with Crippen molar-refractivity contribution >= 4 is 27.7 Å². The molecule has 0 radical (unpaired) electrons. The van der Waals surface area contributed by atoms with Crippen molar-refractivity contribution in [1.29, 1.82) is 0 Å². The van der Waals surface area contributed by atoms with Gasteiger partial charge in [-0.1, -0.05) is 15.9 Å². The summed E-state index contributed by atoms with van der Waals surface area (Å²) in [6, 6.07) is 2.67. The van der Waals surface area contributed by atoms with E-state index in [0.29, 0.717) is 25.1 Å². The monoisotopic (exact) mass is 317 g/mol. The van der Waals surface area contributed by atoms with E-state index in [9.17, 15) is 14.9 Å². The molecule has 1 aliphatic rings. The second kappa shape index (κ2) is 5.49. The normalized spacial score (nSPS) is 19.8. The number of hydrogen-bond donors (Lipinski definition) is 1. The van der Waals surface area contributed by atoms with Crippen LogP contribution in [0.15, 0.2) is 12.1 Å². The number of halogens is 1. The zero-order chi connectivity index (χ0) is 13.1. The van der Waals surface area contributed by atoms with Crippen LogP contribution in [0.2, 0.25) is 0 Å². The third kappa shape index (κ3) is 2.54. The number of hydrogen-bond acceptors (Lipinski definition) is 4. The molecule has 1 fully saturated rings. The molecule has 98 valence electrons. The van der Waals surface area contributed by atoms with Gasteiger partial charge in [-0.3, -0.25) is 4.79 Å². The predicted molar refractivity (Wildman–Crippen MR) is 66.9 cm³/mol. The van der Waals surface area contributed by atoms with Crippen molar-refractivity contribution in [3.63, 3.8) is 0 Å². The van der Waals surface area contributed by atoms with Crippen LogP contribution < -0.4 is 0 Å². The van der Waals surface area contributed by atoms with E-state index in [0.717, 1.165) is 0 Å². The zero-order valence-corrected chi connectivity index (χ0v) is 11.1. The molecule has 1 aliphatic heterocycles. The van der Waals surface area contributed by atoms with Crippen molar-refractivity contribution < 1.29 is 14.5 Å². The van der Waals surface area contributed by atoms with Crippen molar-refractivity contribution in [3.05, 3.63) is 27.9 Å². The number of nitrogens with one attached hydrogen (secondary N) is 1. The quantitative estimate of drug-likeness (QED) is 0.514. The molecule has 0 saturated carbocycles. The molecule has 2 rings (SSSR count). The first-order valence-corrected chi connectivity index (χ1v) is 6.53. The maximum Gasteiger partial charge on any atom is 0.321 e. The molecule has 8 heteroatoms. The number of amides is 1. The van der Waals surface area contributed by atoms with Gasteiger partial charge in [-0.05, 0) is 11.0 Å². The Hall–Kier alpha value is -1.41. The Kier molecular flexibility index (Phi) is 3.97. The Labute approximate surface area is 111 Å². The molecule has 7 nitrogen and oxygen atoms in total. The molecule has 0 spiro atoms. The van der Waals surface area contributed by atoms with Gasteiger partial charge in [0.15, 0.2) is 5.69 Å². The van der Waals surface area contributed by atoms with Crippen LogP contribution in [0.4, 0.5) is 5.82 Å². The zero-order valence-electron chi connectivity index (χ0n) is 9.47. The Balaban J connectivity index is 2.15.